The number of hydrogen-bond acceptors (Lipinski definition) is 1. The van der Waals surface area contributed by atoms with Gasteiger partial charge in [0.15, 0.2) is 0 Å². The summed E-state index contributed by atoms with van der Waals surface area (Å²) < 4.78 is 15.5. The van der Waals surface area contributed by atoms with Crippen molar-refractivity contribution in [2.24, 2.45) is 0 Å². The molecule has 0 aliphatic heterocycles. The van der Waals surface area contributed by atoms with Crippen LogP contribution in [-0.2, 0) is 11.0 Å². The van der Waals surface area contributed by atoms with Crippen LogP contribution in [0.2, 0.25) is 0 Å². The van der Waals surface area contributed by atoms with E-state index in [-0.39, 0.29) is 11.7 Å². The third kappa shape index (κ3) is 4.17. The number of nitrogens with one attached hydrogen (secondary N) is 1. The van der Waals surface area contributed by atoms with Crippen molar-refractivity contribution in [2.75, 3.05) is 5.32 Å². The zero-order chi connectivity index (χ0) is 23.3. The van der Waals surface area contributed by atoms with Gasteiger partial charge in [-0.25, -0.2) is 0 Å². The zero-order valence-corrected chi connectivity index (χ0v) is 20.5. The quantitative estimate of drug-likeness (QED) is 0.225. The average Bonchev–Trinajstić information content (AvgIpc) is 2.87. The van der Waals surface area contributed by atoms with E-state index in [1.54, 1.807) is 12.1 Å². The minimum absolute atomic E-state index is 0.336. The van der Waals surface area contributed by atoms with Gasteiger partial charge in [-0.3, -0.25) is 0 Å². The van der Waals surface area contributed by atoms with E-state index in [9.17, 15) is 4.79 Å². The van der Waals surface area contributed by atoms with Gasteiger partial charge in [-0.1, -0.05) is 0 Å². The van der Waals surface area contributed by atoms with Crippen molar-refractivity contribution in [1.29, 1.82) is 0 Å². The predicted octanol–water partition coefficient (Wildman–Crippen LogP) is 6.29. The zero-order valence-electron chi connectivity index (χ0n) is 18.0. The van der Waals surface area contributed by atoms with Crippen LogP contribution in [-0.4, -0.2) is 5.91 Å². The first kappa shape index (κ1) is 23.1. The molecule has 0 aromatic heterocycles. The molecule has 0 aliphatic carbocycles. The van der Waals surface area contributed by atoms with E-state index in [0.717, 1.165) is 15.9 Å². The summed E-state index contributed by atoms with van der Waals surface area (Å²) in [5.41, 5.74) is 0.884. The molecule has 4 aromatic carbocycles. The van der Waals surface area contributed by atoms with Gasteiger partial charge in [-0.05, 0) is 0 Å². The van der Waals surface area contributed by atoms with E-state index >= 15 is 4.39 Å². The fraction of sp³-hybridized carbons (Fsp3) is 0.0357. The second-order valence-electron chi connectivity index (χ2n) is 7.81. The molecule has 4 aromatic rings. The molecule has 0 fully saturated rings. The van der Waals surface area contributed by atoms with Gasteiger partial charge in [0.1, 0.15) is 0 Å². The average molecular weight is 520 g/mol. The Morgan fingerprint density at radius 3 is 1.67 bits per heavy atom. The molecular weight excluding hydrogens is 496 g/mol. The summed E-state index contributed by atoms with van der Waals surface area (Å²) in [6.45, 7) is 3.53. The van der Waals surface area contributed by atoms with Crippen molar-refractivity contribution in [1.82, 2.24) is 0 Å². The number of carbonyl (C=O) groups is 1. The van der Waals surface area contributed by atoms with Crippen LogP contribution in [0.5, 0.6) is 0 Å². The molecule has 33 heavy (non-hydrogen) atoms. The number of rotatable bonds is 7. The molecule has 0 aliphatic rings. The molecule has 4 rings (SSSR count). The van der Waals surface area contributed by atoms with Crippen LogP contribution < -0.4 is 21.2 Å². The van der Waals surface area contributed by atoms with Crippen LogP contribution in [0, 0.1) is 5.82 Å². The van der Waals surface area contributed by atoms with E-state index in [0.29, 0.717) is 17.4 Å². The Balaban J connectivity index is 2.08. The Bertz CT molecular complexity index is 1180. The van der Waals surface area contributed by atoms with Crippen molar-refractivity contribution in [3.63, 3.8) is 0 Å². The van der Waals surface area contributed by atoms with Gasteiger partial charge in [0.05, 0.1) is 0 Å². The Kier molecular flexibility index (Phi) is 6.60. The van der Waals surface area contributed by atoms with E-state index < -0.39 is 5.31 Å². The maximum atomic E-state index is 15.5. The molecule has 0 bridgehead atoms. The number of carbonyl (C=O) groups excluding carboxylic acids is 1. The molecule has 2 nitrogen and oxygen atoms in total. The van der Waals surface area contributed by atoms with E-state index in [2.05, 4.69) is 63.8 Å². The first-order chi connectivity index (χ1) is 16.0. The molecule has 166 valence electrons. The van der Waals surface area contributed by atoms with E-state index in [4.69, 9.17) is 0 Å². The summed E-state index contributed by atoms with van der Waals surface area (Å²) in [4.78, 5) is 12.1. The van der Waals surface area contributed by atoms with Crippen LogP contribution in [0.3, 0.4) is 0 Å². The molecule has 0 heterocycles. The van der Waals surface area contributed by atoms with Gasteiger partial charge in [-0.15, -0.1) is 0 Å². The van der Waals surface area contributed by atoms with Crippen LogP contribution in [0.15, 0.2) is 122 Å². The molecule has 0 spiro atoms. The molecule has 1 amide bonds. The van der Waals surface area contributed by atoms with Crippen molar-refractivity contribution in [2.45, 2.75) is 6.16 Å². The minimum atomic E-state index is -3.42. The van der Waals surface area contributed by atoms with Crippen molar-refractivity contribution < 1.29 is 9.18 Å². The number of amides is 1. The number of benzene rings is 4. The van der Waals surface area contributed by atoms with E-state index in [1.807, 2.05) is 54.6 Å². The van der Waals surface area contributed by atoms with Gasteiger partial charge in [0, 0.05) is 0 Å². The summed E-state index contributed by atoms with van der Waals surface area (Å²) in [7, 11) is 0. The van der Waals surface area contributed by atoms with Gasteiger partial charge in [-0.2, -0.15) is 0 Å². The van der Waals surface area contributed by atoms with Crippen LogP contribution in [0.25, 0.3) is 0 Å². The van der Waals surface area contributed by atoms with Crippen molar-refractivity contribution in [3.05, 3.63) is 133 Å². The first-order valence-electron chi connectivity index (χ1n) is 10.6. The monoisotopic (exact) mass is 519 g/mol. The molecule has 0 saturated heterocycles. The Morgan fingerprint density at radius 2 is 1.24 bits per heavy atom. The Labute approximate surface area is 201 Å². The van der Waals surface area contributed by atoms with Gasteiger partial charge in [0.25, 0.3) is 0 Å². The Hall–Kier alpha value is -3.07. The molecule has 0 saturated carbocycles. The summed E-state index contributed by atoms with van der Waals surface area (Å²) in [5.74, 6) is -0.746. The van der Waals surface area contributed by atoms with Gasteiger partial charge in [0.2, 0.25) is 0 Å². The molecule has 5 heteroatoms. The third-order valence-electron chi connectivity index (χ3n) is 5.90. The molecular formula is C28H24BrFNOP. The maximum absolute atomic E-state index is 15.5. The second kappa shape index (κ2) is 9.43. The van der Waals surface area contributed by atoms with Crippen molar-refractivity contribution in [3.8, 4) is 0 Å². The summed E-state index contributed by atoms with van der Waals surface area (Å²) >= 11 is 4.34. The first-order valence-corrected chi connectivity index (χ1v) is 15.0. The van der Waals surface area contributed by atoms with Crippen molar-refractivity contribution >= 4 is 48.3 Å². The fourth-order valence-electron chi connectivity index (χ4n) is 4.25. The number of halogens is 2. The summed E-state index contributed by atoms with van der Waals surface area (Å²) in [6, 6.07) is 35.3. The van der Waals surface area contributed by atoms with E-state index in [1.165, 1.54) is 12.1 Å². The third-order valence-corrected chi connectivity index (χ3v) is 15.4. The summed E-state index contributed by atoms with van der Waals surface area (Å²) in [5, 5.41) is 2.61. The van der Waals surface area contributed by atoms with Crippen LogP contribution in [0.4, 0.5) is 10.1 Å². The van der Waals surface area contributed by atoms with Gasteiger partial charge < -0.3 is 0 Å². The number of hydrogen-bond donors (Lipinski definition) is 1. The fourth-order valence-corrected chi connectivity index (χ4v) is 11.9. The molecule has 0 radical (unpaired) electrons. The molecule has 0 unspecified atom stereocenters. The Morgan fingerprint density at radius 1 is 0.788 bits per heavy atom. The standard InChI is InChI=1S/C28H24BrFNOP/c1-2-28(32)31-27-20-12-19-26(30)25(27)21-33(29,22-13-6-3-7-14-22,23-15-8-4-9-16-23)24-17-10-5-11-18-24/h2-20H,1,21H2,(H,31,32). The molecule has 0 atom stereocenters. The topological polar surface area (TPSA) is 29.1 Å². The van der Waals surface area contributed by atoms with Crippen LogP contribution in [0.1, 0.15) is 5.56 Å². The SMILES string of the molecule is C=CC(=O)Nc1cccc(F)c1CP(Br)(c1ccccc1)(c1ccccc1)c1ccccc1. The van der Waals surface area contributed by atoms with Gasteiger partial charge >= 0.3 is 202 Å². The normalized spacial score (nSPS) is 12.4. The number of anilines is 1. The second-order valence-corrected chi connectivity index (χ2v) is 16.7. The predicted molar refractivity (Wildman–Crippen MR) is 143 cm³/mol. The molecule has 1 N–H and O–H groups in total. The summed E-state index contributed by atoms with van der Waals surface area (Å²) in [6.07, 6.45) is 1.53. The van der Waals surface area contributed by atoms with Crippen LogP contribution >= 0.6 is 20.8 Å².